The first-order valence-corrected chi connectivity index (χ1v) is 8.68. The molecule has 0 amide bonds. The number of aliphatic carboxylic acids is 1. The van der Waals surface area contributed by atoms with E-state index in [9.17, 15) is 14.9 Å². The van der Waals surface area contributed by atoms with Crippen molar-refractivity contribution >= 4 is 28.4 Å². The maximum atomic E-state index is 10.9. The van der Waals surface area contributed by atoms with Gasteiger partial charge < -0.3 is 24.6 Å². The quantitative estimate of drug-likeness (QED) is 0.254. The Morgan fingerprint density at radius 3 is 2.39 bits per heavy atom. The molecule has 0 saturated carbocycles. The summed E-state index contributed by atoms with van der Waals surface area (Å²) >= 11 is 0. The van der Waals surface area contributed by atoms with Crippen LogP contribution in [0.2, 0.25) is 0 Å². The topological polar surface area (TPSA) is 159 Å². The normalized spacial score (nSPS) is 11.0. The third-order valence-electron chi connectivity index (χ3n) is 3.58. The number of nitrogens with zero attached hydrogens (tertiary/aromatic N) is 3. The molecule has 0 saturated heterocycles. The highest BCUT2D eigenvalue weighted by Gasteiger charge is 2.19. The summed E-state index contributed by atoms with van der Waals surface area (Å²) in [6, 6.07) is 2.89. The van der Waals surface area contributed by atoms with Crippen LogP contribution in [0.25, 0.3) is 11.0 Å². The zero-order chi connectivity index (χ0) is 20.2. The van der Waals surface area contributed by atoms with Crippen LogP contribution in [0.5, 0.6) is 0 Å². The minimum absolute atomic E-state index is 0.0921. The minimum Gasteiger partial charge on any atom is -0.481 e. The van der Waals surface area contributed by atoms with Crippen molar-refractivity contribution < 1.29 is 33.7 Å². The number of nitro groups is 1. The number of fused-ring (bicyclic) bond motifs is 1. The average molecular weight is 398 g/mol. The van der Waals surface area contributed by atoms with Crippen LogP contribution >= 0.6 is 0 Å². The number of nitro benzene ring substituents is 1. The van der Waals surface area contributed by atoms with Crippen LogP contribution in [-0.4, -0.2) is 72.5 Å². The number of hydrogen-bond acceptors (Lipinski definition) is 10. The first-order valence-electron chi connectivity index (χ1n) is 8.68. The lowest BCUT2D eigenvalue weighted by Gasteiger charge is -2.08. The second-order valence-electron chi connectivity index (χ2n) is 5.61. The third-order valence-corrected chi connectivity index (χ3v) is 3.58. The van der Waals surface area contributed by atoms with E-state index < -0.39 is 10.9 Å². The van der Waals surface area contributed by atoms with E-state index in [0.717, 1.165) is 0 Å². The Bertz CT molecular complexity index is 766. The largest absolute Gasteiger partial charge is 0.481 e. The number of carboxylic acids is 1. The summed E-state index contributed by atoms with van der Waals surface area (Å²) in [6.07, 6.45) is 0.582. The molecule has 1 aromatic heterocycles. The lowest BCUT2D eigenvalue weighted by atomic mass is 10.2. The molecule has 0 unspecified atom stereocenters. The fourth-order valence-electron chi connectivity index (χ4n) is 2.27. The number of ether oxygens (including phenoxy) is 3. The SMILES string of the molecule is O=C(O)CCCOCCOCCOCCNc1ccc([N+](=O)[O-])c2nonc12. The van der Waals surface area contributed by atoms with Crippen LogP contribution in [0.1, 0.15) is 12.8 Å². The van der Waals surface area contributed by atoms with Gasteiger partial charge in [0.2, 0.25) is 5.52 Å². The number of nitrogens with one attached hydrogen (secondary N) is 1. The van der Waals surface area contributed by atoms with Gasteiger partial charge in [0.25, 0.3) is 0 Å². The standard InChI is InChI=1S/C16H22N4O8/c21-14(22)2-1-6-25-8-10-27-11-9-26-7-5-17-12-3-4-13(20(23)24)16-15(12)18-28-19-16/h3-4,17H,1-2,5-11H2,(H,21,22). The van der Waals surface area contributed by atoms with Crippen LogP contribution in [0.4, 0.5) is 11.4 Å². The monoisotopic (exact) mass is 398 g/mol. The van der Waals surface area contributed by atoms with E-state index >= 15 is 0 Å². The molecule has 2 rings (SSSR count). The molecule has 0 fully saturated rings. The van der Waals surface area contributed by atoms with Gasteiger partial charge >= 0.3 is 11.7 Å². The Labute approximate surface area is 159 Å². The first kappa shape index (κ1) is 21.5. The fourth-order valence-corrected chi connectivity index (χ4v) is 2.27. The zero-order valence-corrected chi connectivity index (χ0v) is 15.2. The van der Waals surface area contributed by atoms with Crippen molar-refractivity contribution in [3.8, 4) is 0 Å². The Balaban J connectivity index is 1.52. The Morgan fingerprint density at radius 2 is 1.71 bits per heavy atom. The van der Waals surface area contributed by atoms with Gasteiger partial charge in [-0.3, -0.25) is 14.9 Å². The summed E-state index contributed by atoms with van der Waals surface area (Å²) in [5.41, 5.74) is 0.790. The molecule has 12 nitrogen and oxygen atoms in total. The summed E-state index contributed by atoms with van der Waals surface area (Å²) in [5, 5.41) is 29.7. The van der Waals surface area contributed by atoms with Gasteiger partial charge in [0.05, 0.1) is 43.6 Å². The van der Waals surface area contributed by atoms with Gasteiger partial charge in [-0.05, 0) is 22.8 Å². The van der Waals surface area contributed by atoms with E-state index in [-0.39, 0.29) is 17.6 Å². The summed E-state index contributed by atoms with van der Waals surface area (Å²) in [7, 11) is 0. The van der Waals surface area contributed by atoms with Crippen LogP contribution < -0.4 is 5.32 Å². The number of benzene rings is 1. The van der Waals surface area contributed by atoms with Crippen molar-refractivity contribution in [3.05, 3.63) is 22.2 Å². The molecule has 0 aliphatic carbocycles. The molecule has 0 aliphatic heterocycles. The molecular weight excluding hydrogens is 376 g/mol. The van der Waals surface area contributed by atoms with E-state index in [2.05, 4.69) is 20.3 Å². The molecule has 0 spiro atoms. The first-order chi connectivity index (χ1) is 13.6. The van der Waals surface area contributed by atoms with Crippen molar-refractivity contribution in [2.75, 3.05) is 51.5 Å². The van der Waals surface area contributed by atoms with Crippen LogP contribution in [-0.2, 0) is 19.0 Å². The zero-order valence-electron chi connectivity index (χ0n) is 15.2. The molecule has 28 heavy (non-hydrogen) atoms. The number of carboxylic acid groups (broad SMARTS) is 1. The molecule has 154 valence electrons. The molecule has 2 aromatic rings. The molecular formula is C16H22N4O8. The highest BCUT2D eigenvalue weighted by Crippen LogP contribution is 2.28. The number of aromatic nitrogens is 2. The molecule has 1 aromatic carbocycles. The van der Waals surface area contributed by atoms with Gasteiger partial charge in [-0.2, -0.15) is 0 Å². The van der Waals surface area contributed by atoms with Crippen molar-refractivity contribution in [1.29, 1.82) is 0 Å². The van der Waals surface area contributed by atoms with Gasteiger partial charge in [-0.15, -0.1) is 0 Å². The number of anilines is 1. The van der Waals surface area contributed by atoms with Gasteiger partial charge in [-0.25, -0.2) is 4.63 Å². The summed E-state index contributed by atoms with van der Waals surface area (Å²) in [5.74, 6) is -0.831. The summed E-state index contributed by atoms with van der Waals surface area (Å²) < 4.78 is 20.6. The van der Waals surface area contributed by atoms with Crippen molar-refractivity contribution in [2.45, 2.75) is 12.8 Å². The van der Waals surface area contributed by atoms with Gasteiger partial charge in [0.1, 0.15) is 0 Å². The maximum absolute atomic E-state index is 10.9. The number of non-ortho nitro benzene ring substituents is 1. The maximum Gasteiger partial charge on any atom is 0.303 e. The fraction of sp³-hybridized carbons (Fsp3) is 0.562. The third kappa shape index (κ3) is 7.06. The Kier molecular flexibility index (Phi) is 9.04. The number of rotatable bonds is 15. The van der Waals surface area contributed by atoms with Gasteiger partial charge in [-0.1, -0.05) is 0 Å². The molecule has 12 heteroatoms. The average Bonchev–Trinajstić information content (AvgIpc) is 3.15. The van der Waals surface area contributed by atoms with Gasteiger partial charge in [0, 0.05) is 25.6 Å². The number of hydrogen-bond donors (Lipinski definition) is 2. The summed E-state index contributed by atoms with van der Waals surface area (Å²) in [4.78, 5) is 20.7. The smallest absolute Gasteiger partial charge is 0.303 e. The van der Waals surface area contributed by atoms with Gasteiger partial charge in [0.15, 0.2) is 5.52 Å². The van der Waals surface area contributed by atoms with E-state index in [1.165, 1.54) is 6.07 Å². The highest BCUT2D eigenvalue weighted by atomic mass is 16.6. The molecule has 0 aliphatic rings. The predicted molar refractivity (Wildman–Crippen MR) is 96.3 cm³/mol. The second kappa shape index (κ2) is 11.8. The van der Waals surface area contributed by atoms with Crippen LogP contribution in [0, 0.1) is 10.1 Å². The Morgan fingerprint density at radius 1 is 1.07 bits per heavy atom. The van der Waals surface area contributed by atoms with E-state index in [1.807, 2.05) is 0 Å². The molecule has 0 radical (unpaired) electrons. The van der Waals surface area contributed by atoms with E-state index in [0.29, 0.717) is 63.8 Å². The van der Waals surface area contributed by atoms with Crippen LogP contribution in [0.3, 0.4) is 0 Å². The van der Waals surface area contributed by atoms with Crippen molar-refractivity contribution in [2.24, 2.45) is 0 Å². The minimum atomic E-state index is -0.831. The van der Waals surface area contributed by atoms with Crippen LogP contribution in [0.15, 0.2) is 16.8 Å². The molecule has 2 N–H and O–H groups in total. The van der Waals surface area contributed by atoms with E-state index in [4.69, 9.17) is 19.3 Å². The van der Waals surface area contributed by atoms with Crippen molar-refractivity contribution in [1.82, 2.24) is 10.3 Å². The second-order valence-corrected chi connectivity index (χ2v) is 5.61. The van der Waals surface area contributed by atoms with Crippen molar-refractivity contribution in [3.63, 3.8) is 0 Å². The number of carbonyl (C=O) groups is 1. The summed E-state index contributed by atoms with van der Waals surface area (Å²) in [6.45, 7) is 2.90. The molecule has 0 bridgehead atoms. The molecule has 1 heterocycles. The molecule has 0 atom stereocenters. The predicted octanol–water partition coefficient (Wildman–Crippen LogP) is 1.46. The Hall–Kier alpha value is -2.83. The van der Waals surface area contributed by atoms with E-state index in [1.54, 1.807) is 6.07 Å². The highest BCUT2D eigenvalue weighted by molar-refractivity contribution is 5.93. The lowest BCUT2D eigenvalue weighted by molar-refractivity contribution is -0.383. The lowest BCUT2D eigenvalue weighted by Crippen LogP contribution is -2.14.